The van der Waals surface area contributed by atoms with E-state index in [0.29, 0.717) is 12.2 Å². The molecule has 0 spiro atoms. The molecule has 0 N–H and O–H groups in total. The van der Waals surface area contributed by atoms with Gasteiger partial charge >= 0.3 is 11.9 Å². The third-order valence-corrected chi connectivity index (χ3v) is 6.01. The Bertz CT molecular complexity index is 1110. The van der Waals surface area contributed by atoms with Gasteiger partial charge in [-0.3, -0.25) is 9.59 Å². The quantitative estimate of drug-likeness (QED) is 0.249. The summed E-state index contributed by atoms with van der Waals surface area (Å²) in [7, 11) is 0.989. The fraction of sp³-hybridized carbons (Fsp3) is 0.500. The number of hydrogen-bond donors (Lipinski definition) is 1. The van der Waals surface area contributed by atoms with E-state index < -0.39 is 33.8 Å². The van der Waals surface area contributed by atoms with Crippen LogP contribution in [0.25, 0.3) is 0 Å². The van der Waals surface area contributed by atoms with Gasteiger partial charge in [0.05, 0.1) is 19.9 Å². The summed E-state index contributed by atoms with van der Waals surface area (Å²) in [6, 6.07) is 8.55. The highest BCUT2D eigenvalue weighted by Crippen LogP contribution is 2.33. The van der Waals surface area contributed by atoms with Gasteiger partial charge in [0.25, 0.3) is 0 Å². The molecule has 11 nitrogen and oxygen atoms in total. The first-order chi connectivity index (χ1) is 17.0. The second-order valence-corrected chi connectivity index (χ2v) is 9.80. The summed E-state index contributed by atoms with van der Waals surface area (Å²) in [5.41, 5.74) is -2.10. The minimum Gasteiger partial charge on any atom is -0.497 e. The van der Waals surface area contributed by atoms with Crippen LogP contribution in [0.3, 0.4) is 0 Å². The van der Waals surface area contributed by atoms with E-state index in [9.17, 15) is 18.0 Å². The van der Waals surface area contributed by atoms with Crippen LogP contribution in [0, 0.1) is 0 Å². The number of methoxy groups -OCH3 is 3. The highest BCUT2D eigenvalue weighted by molar-refractivity contribution is 7.74. The summed E-state index contributed by atoms with van der Waals surface area (Å²) in [6.07, 6.45) is 1.50. The van der Waals surface area contributed by atoms with Crippen molar-refractivity contribution in [1.82, 2.24) is 9.97 Å². The molecule has 2 rings (SSSR count). The maximum atomic E-state index is 13.4. The van der Waals surface area contributed by atoms with Gasteiger partial charge in [0.15, 0.2) is 0 Å². The van der Waals surface area contributed by atoms with Crippen LogP contribution in [0.5, 0.6) is 5.75 Å². The number of esters is 2. The van der Waals surface area contributed by atoms with E-state index in [-0.39, 0.29) is 31.2 Å². The van der Waals surface area contributed by atoms with Crippen LogP contribution in [-0.4, -0.2) is 70.4 Å². The molecule has 0 aliphatic heterocycles. The average Bonchev–Trinajstić information content (AvgIpc) is 2.83. The van der Waals surface area contributed by atoms with Gasteiger partial charge in [-0.2, -0.15) is 0 Å². The molecule has 0 saturated heterocycles. The van der Waals surface area contributed by atoms with E-state index in [0.717, 1.165) is 17.0 Å². The number of ether oxygens (including phenoxy) is 4. The molecule has 1 atom stereocenters. The van der Waals surface area contributed by atoms with Gasteiger partial charge in [-0.1, -0.05) is 12.1 Å². The molecule has 0 bridgehead atoms. The molecular formula is C24H33N3O8S. The minimum atomic E-state index is -3.13. The number of aromatic nitrogens is 2. The molecule has 1 heterocycles. The molecule has 0 fully saturated rings. The number of anilines is 1. The maximum Gasteiger partial charge on any atom is 0.330 e. The van der Waals surface area contributed by atoms with Gasteiger partial charge in [0.2, 0.25) is 22.3 Å². The Morgan fingerprint density at radius 3 is 2.19 bits per heavy atom. The van der Waals surface area contributed by atoms with Crippen LogP contribution in [0.4, 0.5) is 5.95 Å². The summed E-state index contributed by atoms with van der Waals surface area (Å²) in [6.45, 7) is 5.03. The molecule has 1 aromatic heterocycles. The van der Waals surface area contributed by atoms with Crippen molar-refractivity contribution in [2.24, 2.45) is 0 Å². The smallest absolute Gasteiger partial charge is 0.330 e. The lowest BCUT2D eigenvalue weighted by Crippen LogP contribution is -2.49. The topological polar surface area (TPSA) is 134 Å². The third kappa shape index (κ3) is 7.14. The Morgan fingerprint density at radius 1 is 1.00 bits per heavy atom. The fourth-order valence-electron chi connectivity index (χ4n) is 3.41. The van der Waals surface area contributed by atoms with Gasteiger partial charge in [0.1, 0.15) is 11.4 Å². The fourth-order valence-corrected chi connectivity index (χ4v) is 3.92. The molecule has 1 unspecified atom stereocenters. The zero-order chi connectivity index (χ0) is 26.9. The van der Waals surface area contributed by atoms with Crippen molar-refractivity contribution in [3.05, 3.63) is 47.8 Å². The molecule has 0 saturated carbocycles. The van der Waals surface area contributed by atoms with E-state index in [1.54, 1.807) is 40.0 Å². The van der Waals surface area contributed by atoms with Crippen LogP contribution in [0.2, 0.25) is 0 Å². The predicted octanol–water partition coefficient (Wildman–Crippen LogP) is 1.85. The van der Waals surface area contributed by atoms with Crippen LogP contribution in [0.15, 0.2) is 36.5 Å². The van der Waals surface area contributed by atoms with Crippen LogP contribution in [0.1, 0.15) is 38.4 Å². The number of benzene rings is 1. The molecule has 198 valence electrons. The first kappa shape index (κ1) is 29.0. The third-order valence-electron chi connectivity index (χ3n) is 5.24. The van der Waals surface area contributed by atoms with Gasteiger partial charge in [-0.05, 0) is 51.0 Å². The Hall–Kier alpha value is -3.25. The zero-order valence-electron chi connectivity index (χ0n) is 21.3. The van der Waals surface area contributed by atoms with E-state index >= 15 is 0 Å². The zero-order valence-corrected chi connectivity index (χ0v) is 22.2. The van der Waals surface area contributed by atoms with Crippen LogP contribution < -0.4 is 9.04 Å². The summed E-state index contributed by atoms with van der Waals surface area (Å²) in [5, 5.41) is 0. The lowest BCUT2D eigenvalue weighted by molar-refractivity contribution is -0.172. The number of rotatable bonds is 12. The first-order valence-electron chi connectivity index (χ1n) is 11.2. The van der Waals surface area contributed by atoms with E-state index in [4.69, 9.17) is 18.9 Å². The molecule has 12 heteroatoms. The molecule has 0 radical (unpaired) electrons. The van der Waals surface area contributed by atoms with Crippen molar-refractivity contribution < 1.29 is 37.0 Å². The number of carbonyl (C=O) groups excluding carboxylic acids is 2. The van der Waals surface area contributed by atoms with Crippen LogP contribution in [-0.2, 0) is 46.5 Å². The van der Waals surface area contributed by atoms with Gasteiger partial charge in [-0.15, -0.1) is 0 Å². The lowest BCUT2D eigenvalue weighted by atomic mass is 9.80. The first-order valence-corrected chi connectivity index (χ1v) is 12.3. The molecule has 0 aliphatic rings. The largest absolute Gasteiger partial charge is 0.497 e. The second-order valence-electron chi connectivity index (χ2n) is 8.84. The van der Waals surface area contributed by atoms with Crippen molar-refractivity contribution >= 4 is 28.8 Å². The minimum absolute atomic E-state index is 0.00465. The van der Waals surface area contributed by atoms with Crippen LogP contribution >= 0.6 is 0 Å². The summed E-state index contributed by atoms with van der Waals surface area (Å²) >= 11 is 0. The highest BCUT2D eigenvalue weighted by atomic mass is 32.2. The lowest BCUT2D eigenvalue weighted by Gasteiger charge is -2.32. The van der Waals surface area contributed by atoms with Gasteiger partial charge in [0, 0.05) is 32.9 Å². The monoisotopic (exact) mass is 523 g/mol. The second kappa shape index (κ2) is 12.6. The summed E-state index contributed by atoms with van der Waals surface area (Å²) in [4.78, 5) is 34.9. The van der Waals surface area contributed by atoms with Gasteiger partial charge in [-0.25, -0.2) is 22.7 Å². The Morgan fingerprint density at radius 2 is 1.67 bits per heavy atom. The van der Waals surface area contributed by atoms with E-state index in [2.05, 4.69) is 9.97 Å². The Kier molecular flexibility index (Phi) is 10.2. The SMILES string of the molecule is COCCC(C(=O)OC)(C(=O)OC(C)(C)C)c1ccnc(N(CCc2ccc(OC)cc2)[SH](=O)=O)n1. The van der Waals surface area contributed by atoms with Crippen molar-refractivity contribution in [3.63, 3.8) is 0 Å². The Balaban J connectivity index is 2.50. The standard InChI is InChI=1S/C24H33N3O8S/c1-23(2,3)35-21(29)24(13-16-32-4,20(28)34-6)19-11-14-25-22(26-19)27(36(30)31)15-12-17-7-9-18(33-5)10-8-17/h7-11,14,36H,12-13,15-16H2,1-6H3. The molecule has 2 aromatic rings. The van der Waals surface area contributed by atoms with Crippen molar-refractivity contribution in [2.75, 3.05) is 38.8 Å². The van der Waals surface area contributed by atoms with Crippen molar-refractivity contribution in [2.45, 2.75) is 44.6 Å². The summed E-state index contributed by atoms with van der Waals surface area (Å²) in [5.74, 6) is -1.31. The van der Waals surface area contributed by atoms with E-state index in [1.807, 2.05) is 12.1 Å². The molecule has 1 aromatic carbocycles. The number of thiol groups is 1. The molecular weight excluding hydrogens is 490 g/mol. The number of hydrogen-bond acceptors (Lipinski definition) is 10. The predicted molar refractivity (Wildman–Crippen MR) is 132 cm³/mol. The Labute approximate surface area is 212 Å². The van der Waals surface area contributed by atoms with Gasteiger partial charge < -0.3 is 18.9 Å². The van der Waals surface area contributed by atoms with Crippen molar-refractivity contribution in [3.8, 4) is 5.75 Å². The average molecular weight is 524 g/mol. The number of carbonyl (C=O) groups is 2. The molecule has 0 aliphatic carbocycles. The normalized spacial score (nSPS) is 13.1. The highest BCUT2D eigenvalue weighted by Gasteiger charge is 2.52. The van der Waals surface area contributed by atoms with E-state index in [1.165, 1.54) is 19.4 Å². The maximum absolute atomic E-state index is 13.4. The molecule has 36 heavy (non-hydrogen) atoms. The number of nitrogens with zero attached hydrogens (tertiary/aromatic N) is 3. The van der Waals surface area contributed by atoms with Crippen molar-refractivity contribution in [1.29, 1.82) is 0 Å². The molecule has 0 amide bonds. The summed E-state index contributed by atoms with van der Waals surface area (Å²) < 4.78 is 46.0.